The van der Waals surface area contributed by atoms with E-state index in [-0.39, 0.29) is 17.2 Å². The monoisotopic (exact) mass is 302 g/mol. The summed E-state index contributed by atoms with van der Waals surface area (Å²) < 4.78 is 39.7. The summed E-state index contributed by atoms with van der Waals surface area (Å²) in [6.07, 6.45) is -4.11. The summed E-state index contributed by atoms with van der Waals surface area (Å²) in [5.74, 6) is -0.261. The van der Waals surface area contributed by atoms with E-state index in [9.17, 15) is 18.0 Å². The van der Waals surface area contributed by atoms with E-state index in [4.69, 9.17) is 5.11 Å². The van der Waals surface area contributed by atoms with Gasteiger partial charge in [0, 0.05) is 18.8 Å². The number of nitrogens with one attached hydrogen (secondary N) is 1. The van der Waals surface area contributed by atoms with E-state index >= 15 is 0 Å². The molecule has 1 amide bonds. The zero-order valence-electron chi connectivity index (χ0n) is 11.6. The number of nitrogens with zero attached hydrogens (tertiary/aromatic N) is 1. The molecule has 1 fully saturated rings. The Kier molecular flexibility index (Phi) is 4.41. The molecule has 2 rings (SSSR count). The average molecular weight is 302 g/mol. The molecule has 1 aromatic carbocycles. The number of anilines is 1. The third kappa shape index (κ3) is 3.12. The summed E-state index contributed by atoms with van der Waals surface area (Å²) >= 11 is 0. The van der Waals surface area contributed by atoms with Gasteiger partial charge in [0.1, 0.15) is 6.04 Å². The molecule has 0 aromatic heterocycles. The Morgan fingerprint density at radius 3 is 2.71 bits per heavy atom. The van der Waals surface area contributed by atoms with Crippen LogP contribution in [0.1, 0.15) is 24.5 Å². The van der Waals surface area contributed by atoms with Crippen LogP contribution in [-0.4, -0.2) is 30.1 Å². The molecule has 4 nitrogen and oxygen atoms in total. The van der Waals surface area contributed by atoms with E-state index < -0.39 is 24.4 Å². The van der Waals surface area contributed by atoms with Gasteiger partial charge in [-0.1, -0.05) is 13.0 Å². The molecule has 0 radical (unpaired) electrons. The Balaban J connectivity index is 2.49. The SMILES string of the molecule is CCC1C(=O)NCCN1c1ccc(CO)cc1C(F)(F)F. The van der Waals surface area contributed by atoms with Gasteiger partial charge in [-0.3, -0.25) is 4.79 Å². The van der Waals surface area contributed by atoms with Crippen molar-refractivity contribution in [2.24, 2.45) is 0 Å². The zero-order chi connectivity index (χ0) is 15.6. The molecular weight excluding hydrogens is 285 g/mol. The predicted octanol–water partition coefficient (Wildman–Crippen LogP) is 1.91. The van der Waals surface area contributed by atoms with E-state index in [1.165, 1.54) is 17.0 Å². The minimum absolute atomic E-state index is 0.0126. The molecule has 0 aliphatic carbocycles. The normalized spacial score (nSPS) is 19.6. The molecule has 116 valence electrons. The molecule has 2 N–H and O–H groups in total. The molecule has 21 heavy (non-hydrogen) atoms. The zero-order valence-corrected chi connectivity index (χ0v) is 11.6. The Morgan fingerprint density at radius 2 is 2.14 bits per heavy atom. The molecule has 1 aliphatic heterocycles. The van der Waals surface area contributed by atoms with Crippen LogP contribution in [0.2, 0.25) is 0 Å². The van der Waals surface area contributed by atoms with E-state index in [0.29, 0.717) is 19.5 Å². The van der Waals surface area contributed by atoms with Crippen LogP contribution in [-0.2, 0) is 17.6 Å². The molecule has 7 heteroatoms. The van der Waals surface area contributed by atoms with Gasteiger partial charge in [0.2, 0.25) is 5.91 Å². The Morgan fingerprint density at radius 1 is 1.43 bits per heavy atom. The number of benzene rings is 1. The maximum atomic E-state index is 13.2. The van der Waals surface area contributed by atoms with Gasteiger partial charge in [0.05, 0.1) is 12.2 Å². The van der Waals surface area contributed by atoms with Gasteiger partial charge in [-0.15, -0.1) is 0 Å². The second kappa shape index (κ2) is 5.93. The van der Waals surface area contributed by atoms with Crippen molar-refractivity contribution >= 4 is 11.6 Å². The van der Waals surface area contributed by atoms with Crippen molar-refractivity contribution in [1.82, 2.24) is 5.32 Å². The number of aliphatic hydroxyl groups is 1. The van der Waals surface area contributed by atoms with Crippen molar-refractivity contribution in [3.8, 4) is 0 Å². The lowest BCUT2D eigenvalue weighted by Gasteiger charge is -2.37. The number of hydrogen-bond acceptors (Lipinski definition) is 3. The van der Waals surface area contributed by atoms with Crippen molar-refractivity contribution in [2.75, 3.05) is 18.0 Å². The first-order valence-corrected chi connectivity index (χ1v) is 6.73. The second-order valence-electron chi connectivity index (χ2n) is 4.92. The molecule has 1 heterocycles. The van der Waals surface area contributed by atoms with Crippen LogP contribution >= 0.6 is 0 Å². The number of carbonyl (C=O) groups excluding carboxylic acids is 1. The van der Waals surface area contributed by atoms with Crippen LogP contribution in [0.4, 0.5) is 18.9 Å². The maximum Gasteiger partial charge on any atom is 0.418 e. The van der Waals surface area contributed by atoms with Crippen molar-refractivity contribution in [3.63, 3.8) is 0 Å². The molecule has 1 saturated heterocycles. The lowest BCUT2D eigenvalue weighted by atomic mass is 10.0. The number of amides is 1. The van der Waals surface area contributed by atoms with Gasteiger partial charge < -0.3 is 15.3 Å². The molecule has 0 saturated carbocycles. The molecule has 1 unspecified atom stereocenters. The van der Waals surface area contributed by atoms with E-state index in [1.807, 2.05) is 0 Å². The summed E-state index contributed by atoms with van der Waals surface area (Å²) in [4.78, 5) is 13.3. The van der Waals surface area contributed by atoms with Crippen LogP contribution in [0, 0.1) is 0 Å². The standard InChI is InChI=1S/C14H17F3N2O2/c1-2-11-13(21)18-5-6-19(11)12-4-3-9(8-20)7-10(12)14(15,16)17/h3-4,7,11,20H,2,5-6,8H2,1H3,(H,18,21). The fourth-order valence-corrected chi connectivity index (χ4v) is 2.57. The number of aliphatic hydroxyl groups excluding tert-OH is 1. The summed E-state index contributed by atoms with van der Waals surface area (Å²) in [5.41, 5.74) is -0.635. The first kappa shape index (κ1) is 15.6. The minimum atomic E-state index is -4.53. The fraction of sp³-hybridized carbons (Fsp3) is 0.500. The van der Waals surface area contributed by atoms with Gasteiger partial charge in [-0.2, -0.15) is 13.2 Å². The highest BCUT2D eigenvalue weighted by atomic mass is 19.4. The van der Waals surface area contributed by atoms with Gasteiger partial charge in [0.25, 0.3) is 0 Å². The topological polar surface area (TPSA) is 52.6 Å². The van der Waals surface area contributed by atoms with Gasteiger partial charge in [-0.25, -0.2) is 0 Å². The summed E-state index contributed by atoms with van der Waals surface area (Å²) in [5, 5.41) is 11.7. The summed E-state index contributed by atoms with van der Waals surface area (Å²) in [6.45, 7) is 1.94. The maximum absolute atomic E-state index is 13.2. The lowest BCUT2D eigenvalue weighted by molar-refractivity contribution is -0.137. The van der Waals surface area contributed by atoms with E-state index in [1.54, 1.807) is 6.92 Å². The Hall–Kier alpha value is -1.76. The quantitative estimate of drug-likeness (QED) is 0.897. The number of piperazine rings is 1. The number of carbonyl (C=O) groups is 1. The molecule has 0 bridgehead atoms. The average Bonchev–Trinajstić information content (AvgIpc) is 2.45. The first-order chi connectivity index (χ1) is 9.88. The summed E-state index contributed by atoms with van der Waals surface area (Å²) in [6, 6.07) is 3.11. The highest BCUT2D eigenvalue weighted by molar-refractivity contribution is 5.86. The number of alkyl halides is 3. The van der Waals surface area contributed by atoms with Crippen molar-refractivity contribution in [2.45, 2.75) is 32.2 Å². The third-order valence-electron chi connectivity index (χ3n) is 3.58. The van der Waals surface area contributed by atoms with Crippen LogP contribution in [0.3, 0.4) is 0 Å². The minimum Gasteiger partial charge on any atom is -0.392 e. The summed E-state index contributed by atoms with van der Waals surface area (Å²) in [7, 11) is 0. The first-order valence-electron chi connectivity index (χ1n) is 6.73. The van der Waals surface area contributed by atoms with Crippen LogP contribution < -0.4 is 10.2 Å². The largest absolute Gasteiger partial charge is 0.418 e. The predicted molar refractivity (Wildman–Crippen MR) is 71.8 cm³/mol. The Bertz CT molecular complexity index is 531. The number of rotatable bonds is 3. The Labute approximate surface area is 120 Å². The van der Waals surface area contributed by atoms with Crippen molar-refractivity contribution < 1.29 is 23.1 Å². The van der Waals surface area contributed by atoms with Crippen molar-refractivity contribution in [1.29, 1.82) is 0 Å². The molecular formula is C14H17F3N2O2. The highest BCUT2D eigenvalue weighted by Crippen LogP contribution is 2.38. The fourth-order valence-electron chi connectivity index (χ4n) is 2.57. The van der Waals surface area contributed by atoms with Crippen LogP contribution in [0.25, 0.3) is 0 Å². The smallest absolute Gasteiger partial charge is 0.392 e. The molecule has 1 atom stereocenters. The highest BCUT2D eigenvalue weighted by Gasteiger charge is 2.38. The van der Waals surface area contributed by atoms with E-state index in [2.05, 4.69) is 5.32 Å². The second-order valence-corrected chi connectivity index (χ2v) is 4.92. The molecule has 1 aromatic rings. The van der Waals surface area contributed by atoms with Gasteiger partial charge in [0.15, 0.2) is 0 Å². The molecule has 1 aliphatic rings. The van der Waals surface area contributed by atoms with Gasteiger partial charge >= 0.3 is 6.18 Å². The number of halogens is 3. The van der Waals surface area contributed by atoms with Crippen LogP contribution in [0.15, 0.2) is 18.2 Å². The van der Waals surface area contributed by atoms with E-state index in [0.717, 1.165) is 6.07 Å². The molecule has 0 spiro atoms. The third-order valence-corrected chi connectivity index (χ3v) is 3.58. The lowest BCUT2D eigenvalue weighted by Crippen LogP contribution is -2.55. The number of hydrogen-bond donors (Lipinski definition) is 2. The van der Waals surface area contributed by atoms with Crippen LogP contribution in [0.5, 0.6) is 0 Å². The van der Waals surface area contributed by atoms with Crippen molar-refractivity contribution in [3.05, 3.63) is 29.3 Å². The van der Waals surface area contributed by atoms with Gasteiger partial charge in [-0.05, 0) is 24.1 Å².